The molecular formula is C14H17N3O2S. The predicted molar refractivity (Wildman–Crippen MR) is 81.7 cm³/mol. The molecule has 106 valence electrons. The third-order valence-electron chi connectivity index (χ3n) is 4.37. The van der Waals surface area contributed by atoms with E-state index < -0.39 is 4.92 Å². The molecule has 0 amide bonds. The lowest BCUT2D eigenvalue weighted by Crippen LogP contribution is -2.40. The first-order valence-electron chi connectivity index (χ1n) is 6.94. The number of fused-ring (bicyclic) bond motifs is 2. The highest BCUT2D eigenvalue weighted by Gasteiger charge is 2.39. The number of nitro groups is 1. The largest absolute Gasteiger partial charge is 0.359 e. The number of rotatable bonds is 3. The lowest BCUT2D eigenvalue weighted by Gasteiger charge is -2.24. The average Bonchev–Trinajstić information content (AvgIpc) is 3.01. The molecule has 2 bridgehead atoms. The summed E-state index contributed by atoms with van der Waals surface area (Å²) in [6.45, 7) is 0. The molecule has 3 rings (SSSR count). The normalized spacial score (nSPS) is 27.3. The number of benzene rings is 1. The van der Waals surface area contributed by atoms with Gasteiger partial charge in [-0.05, 0) is 49.4 Å². The molecule has 1 aromatic rings. The molecule has 2 aliphatic rings. The highest BCUT2D eigenvalue weighted by molar-refractivity contribution is 7.80. The van der Waals surface area contributed by atoms with E-state index in [1.165, 1.54) is 37.8 Å². The summed E-state index contributed by atoms with van der Waals surface area (Å²) in [6, 6.07) is 6.86. The van der Waals surface area contributed by atoms with Crippen molar-refractivity contribution in [2.75, 3.05) is 5.32 Å². The third-order valence-corrected chi connectivity index (χ3v) is 4.59. The number of hydrogen-bond acceptors (Lipinski definition) is 3. The van der Waals surface area contributed by atoms with E-state index in [2.05, 4.69) is 10.6 Å². The molecule has 0 saturated heterocycles. The molecule has 2 aliphatic carbocycles. The van der Waals surface area contributed by atoms with Crippen LogP contribution >= 0.6 is 12.2 Å². The lowest BCUT2D eigenvalue weighted by atomic mass is 9.96. The SMILES string of the molecule is O=[N+]([O-])c1cccc(NC(=S)NC2CC3CCC2C3)c1. The molecule has 5 nitrogen and oxygen atoms in total. The van der Waals surface area contributed by atoms with E-state index in [0.717, 1.165) is 11.8 Å². The lowest BCUT2D eigenvalue weighted by molar-refractivity contribution is -0.384. The van der Waals surface area contributed by atoms with Crippen LogP contribution in [-0.2, 0) is 0 Å². The van der Waals surface area contributed by atoms with Gasteiger partial charge in [-0.3, -0.25) is 10.1 Å². The van der Waals surface area contributed by atoms with Crippen molar-refractivity contribution in [2.45, 2.75) is 31.7 Å². The van der Waals surface area contributed by atoms with Crippen LogP contribution < -0.4 is 10.6 Å². The first-order chi connectivity index (χ1) is 9.61. The molecule has 0 radical (unpaired) electrons. The van der Waals surface area contributed by atoms with Crippen LogP contribution in [0.3, 0.4) is 0 Å². The van der Waals surface area contributed by atoms with E-state index in [-0.39, 0.29) is 5.69 Å². The summed E-state index contributed by atoms with van der Waals surface area (Å²) in [5, 5.41) is 17.7. The van der Waals surface area contributed by atoms with Crippen molar-refractivity contribution in [1.82, 2.24) is 5.32 Å². The maximum absolute atomic E-state index is 10.7. The molecule has 0 aromatic heterocycles. The molecule has 0 heterocycles. The second kappa shape index (κ2) is 5.36. The Hall–Kier alpha value is -1.69. The number of nitro benzene ring substituents is 1. The van der Waals surface area contributed by atoms with Gasteiger partial charge in [-0.2, -0.15) is 0 Å². The van der Waals surface area contributed by atoms with Crippen LogP contribution in [0.1, 0.15) is 25.7 Å². The van der Waals surface area contributed by atoms with Crippen LogP contribution in [0, 0.1) is 22.0 Å². The van der Waals surface area contributed by atoms with Gasteiger partial charge in [0, 0.05) is 23.9 Å². The standard InChI is InChI=1S/C14H17N3O2S/c18-17(19)12-3-1-2-11(8-12)15-14(20)16-13-7-9-4-5-10(13)6-9/h1-3,8-10,13H,4-7H2,(H2,15,16,20). The fourth-order valence-corrected chi connectivity index (χ4v) is 3.72. The van der Waals surface area contributed by atoms with Crippen molar-refractivity contribution in [1.29, 1.82) is 0 Å². The number of thiocarbonyl (C=S) groups is 1. The monoisotopic (exact) mass is 291 g/mol. The molecule has 3 atom stereocenters. The van der Waals surface area contributed by atoms with Gasteiger partial charge in [0.25, 0.3) is 5.69 Å². The van der Waals surface area contributed by atoms with Crippen molar-refractivity contribution in [3.63, 3.8) is 0 Å². The Labute approximate surface area is 122 Å². The quantitative estimate of drug-likeness (QED) is 0.509. The van der Waals surface area contributed by atoms with Crippen molar-refractivity contribution in [3.05, 3.63) is 34.4 Å². The number of hydrogen-bond donors (Lipinski definition) is 2. The topological polar surface area (TPSA) is 67.2 Å². The molecule has 6 heteroatoms. The Morgan fingerprint density at radius 3 is 2.85 bits per heavy atom. The van der Waals surface area contributed by atoms with E-state index in [1.807, 2.05) is 0 Å². The molecule has 3 unspecified atom stereocenters. The zero-order valence-corrected chi connectivity index (χ0v) is 11.9. The van der Waals surface area contributed by atoms with Gasteiger partial charge in [0.1, 0.15) is 0 Å². The van der Waals surface area contributed by atoms with Gasteiger partial charge in [-0.25, -0.2) is 0 Å². The number of nitrogens with one attached hydrogen (secondary N) is 2. The first kappa shape index (κ1) is 13.3. The molecule has 0 spiro atoms. The van der Waals surface area contributed by atoms with E-state index in [9.17, 15) is 10.1 Å². The van der Waals surface area contributed by atoms with Crippen LogP contribution in [-0.4, -0.2) is 16.1 Å². The summed E-state index contributed by atoms with van der Waals surface area (Å²) in [5.41, 5.74) is 0.720. The molecule has 2 fully saturated rings. The van der Waals surface area contributed by atoms with Gasteiger partial charge >= 0.3 is 0 Å². The second-order valence-corrected chi connectivity index (χ2v) is 6.10. The summed E-state index contributed by atoms with van der Waals surface area (Å²) in [7, 11) is 0. The molecule has 0 aliphatic heterocycles. The molecule has 2 N–H and O–H groups in total. The van der Waals surface area contributed by atoms with Crippen molar-refractivity contribution < 1.29 is 4.92 Å². The molecular weight excluding hydrogens is 274 g/mol. The highest BCUT2D eigenvalue weighted by atomic mass is 32.1. The van der Waals surface area contributed by atoms with E-state index in [4.69, 9.17) is 12.2 Å². The summed E-state index contributed by atoms with van der Waals surface area (Å²) in [6.07, 6.45) is 5.16. The van der Waals surface area contributed by atoms with E-state index >= 15 is 0 Å². The van der Waals surface area contributed by atoms with Crippen LogP contribution in [0.25, 0.3) is 0 Å². The average molecular weight is 291 g/mol. The minimum atomic E-state index is -0.405. The summed E-state index contributed by atoms with van der Waals surface area (Å²) < 4.78 is 0. The fourth-order valence-electron chi connectivity index (χ4n) is 3.45. The Bertz CT molecular complexity index is 549. The van der Waals surface area contributed by atoms with Crippen LogP contribution in [0.4, 0.5) is 11.4 Å². The van der Waals surface area contributed by atoms with Gasteiger partial charge in [0.2, 0.25) is 0 Å². The van der Waals surface area contributed by atoms with Crippen LogP contribution in [0.2, 0.25) is 0 Å². The Morgan fingerprint density at radius 1 is 1.35 bits per heavy atom. The van der Waals surface area contributed by atoms with Gasteiger partial charge in [-0.1, -0.05) is 12.5 Å². The van der Waals surface area contributed by atoms with Crippen LogP contribution in [0.5, 0.6) is 0 Å². The number of nitrogens with zero attached hydrogens (tertiary/aromatic N) is 1. The zero-order valence-electron chi connectivity index (χ0n) is 11.0. The number of non-ortho nitro benzene ring substituents is 1. The first-order valence-corrected chi connectivity index (χ1v) is 7.34. The van der Waals surface area contributed by atoms with Gasteiger partial charge in [0.05, 0.1) is 4.92 Å². The number of anilines is 1. The van der Waals surface area contributed by atoms with Gasteiger partial charge in [-0.15, -0.1) is 0 Å². The Morgan fingerprint density at radius 2 is 2.20 bits per heavy atom. The zero-order chi connectivity index (χ0) is 14.1. The Kier molecular flexibility index (Phi) is 3.56. The van der Waals surface area contributed by atoms with Crippen molar-refractivity contribution in [3.8, 4) is 0 Å². The minimum absolute atomic E-state index is 0.0673. The maximum atomic E-state index is 10.7. The van der Waals surface area contributed by atoms with Gasteiger partial charge < -0.3 is 10.6 Å². The third kappa shape index (κ3) is 2.75. The predicted octanol–water partition coefficient (Wildman–Crippen LogP) is 3.07. The smallest absolute Gasteiger partial charge is 0.271 e. The summed E-state index contributed by atoms with van der Waals surface area (Å²) in [4.78, 5) is 10.3. The Balaban J connectivity index is 1.59. The van der Waals surface area contributed by atoms with Gasteiger partial charge in [0.15, 0.2) is 5.11 Å². The fraction of sp³-hybridized carbons (Fsp3) is 0.500. The molecule has 20 heavy (non-hydrogen) atoms. The molecule has 1 aromatic carbocycles. The summed E-state index contributed by atoms with van der Waals surface area (Å²) in [5.74, 6) is 1.60. The minimum Gasteiger partial charge on any atom is -0.359 e. The second-order valence-electron chi connectivity index (χ2n) is 5.69. The van der Waals surface area contributed by atoms with Crippen LogP contribution in [0.15, 0.2) is 24.3 Å². The van der Waals surface area contributed by atoms with E-state index in [0.29, 0.717) is 16.8 Å². The van der Waals surface area contributed by atoms with Crippen molar-refractivity contribution in [2.24, 2.45) is 11.8 Å². The highest BCUT2D eigenvalue weighted by Crippen LogP contribution is 2.44. The maximum Gasteiger partial charge on any atom is 0.271 e. The van der Waals surface area contributed by atoms with Crippen molar-refractivity contribution >= 4 is 28.7 Å². The summed E-state index contributed by atoms with van der Waals surface area (Å²) >= 11 is 5.31. The molecule has 2 saturated carbocycles. The van der Waals surface area contributed by atoms with E-state index in [1.54, 1.807) is 12.1 Å².